The zero-order chi connectivity index (χ0) is 43.2. The molecule has 0 saturated heterocycles. The smallest absolute Gasteiger partial charge is 0.145 e. The highest BCUT2D eigenvalue weighted by atomic mass is 15.1. The lowest BCUT2D eigenvalue weighted by atomic mass is 9.78. The minimum atomic E-state index is -0.187. The van der Waals surface area contributed by atoms with Gasteiger partial charge in [0.25, 0.3) is 0 Å². The van der Waals surface area contributed by atoms with Gasteiger partial charge in [-0.2, -0.15) is 0 Å². The molecule has 2 heteroatoms. The van der Waals surface area contributed by atoms with Gasteiger partial charge in [-0.25, -0.2) is 0 Å². The van der Waals surface area contributed by atoms with Crippen molar-refractivity contribution in [3.8, 4) is 22.3 Å². The van der Waals surface area contributed by atoms with E-state index in [1.54, 1.807) is 0 Å². The minimum absolute atomic E-state index is 0.187. The van der Waals surface area contributed by atoms with Crippen LogP contribution in [-0.2, 0) is 0 Å². The average molecular weight is 825 g/mol. The first-order valence-electron chi connectivity index (χ1n) is 22.6. The Bertz CT molecular complexity index is 2980. The molecule has 64 heavy (non-hydrogen) atoms. The summed E-state index contributed by atoms with van der Waals surface area (Å²) in [4.78, 5) is 5.34. The van der Waals surface area contributed by atoms with Crippen LogP contribution < -0.4 is 5.32 Å². The summed E-state index contributed by atoms with van der Waals surface area (Å²) in [5.41, 5.74) is 22.0. The van der Waals surface area contributed by atoms with Gasteiger partial charge >= 0.3 is 0 Å². The van der Waals surface area contributed by atoms with Gasteiger partial charge in [-0.05, 0) is 134 Å². The number of rotatable bonds is 9. The summed E-state index contributed by atoms with van der Waals surface area (Å²) in [7, 11) is 0. The predicted octanol–water partition coefficient (Wildman–Crippen LogP) is 15.9. The van der Waals surface area contributed by atoms with Crippen molar-refractivity contribution in [2.24, 2.45) is 4.99 Å². The molecule has 2 aliphatic carbocycles. The number of benzene rings is 7. The lowest BCUT2D eigenvalue weighted by Crippen LogP contribution is -2.25. The highest BCUT2D eigenvalue weighted by molar-refractivity contribution is 6.15. The molecule has 1 N–H and O–H groups in total. The molecule has 2 atom stereocenters. The summed E-state index contributed by atoms with van der Waals surface area (Å²) in [5.74, 6) is 0.244. The van der Waals surface area contributed by atoms with E-state index in [0.717, 1.165) is 53.8 Å². The van der Waals surface area contributed by atoms with E-state index in [4.69, 9.17) is 4.99 Å². The Hall–Kier alpha value is -7.55. The maximum Gasteiger partial charge on any atom is 0.145 e. The van der Waals surface area contributed by atoms with Crippen molar-refractivity contribution in [1.29, 1.82) is 0 Å². The van der Waals surface area contributed by atoms with Crippen molar-refractivity contribution in [1.82, 2.24) is 5.32 Å². The Kier molecular flexibility index (Phi) is 11.7. The van der Waals surface area contributed by atoms with Gasteiger partial charge in [0.05, 0.1) is 5.71 Å². The van der Waals surface area contributed by atoms with Gasteiger partial charge in [0.1, 0.15) is 6.17 Å². The molecule has 0 saturated carbocycles. The molecule has 1 aliphatic heterocycles. The zero-order valence-corrected chi connectivity index (χ0v) is 36.4. The van der Waals surface area contributed by atoms with Gasteiger partial charge < -0.3 is 5.32 Å². The second-order valence-corrected chi connectivity index (χ2v) is 17.1. The molecule has 0 aromatic heterocycles. The highest BCUT2D eigenvalue weighted by Gasteiger charge is 2.24. The molecule has 0 fully saturated rings. The largest absolute Gasteiger partial charge is 0.360 e. The third kappa shape index (κ3) is 8.61. The first kappa shape index (κ1) is 40.5. The molecule has 10 rings (SSSR count). The normalized spacial score (nSPS) is 19.7. The van der Waals surface area contributed by atoms with Crippen molar-refractivity contribution >= 4 is 28.1 Å². The van der Waals surface area contributed by atoms with Crippen LogP contribution in [0.15, 0.2) is 247 Å². The first-order chi connectivity index (χ1) is 31.6. The first-order valence-corrected chi connectivity index (χ1v) is 22.6. The predicted molar refractivity (Wildman–Crippen MR) is 271 cm³/mol. The Morgan fingerprint density at radius 3 is 1.78 bits per heavy atom. The fourth-order valence-electron chi connectivity index (χ4n) is 9.62. The molecule has 1 heterocycles. The van der Waals surface area contributed by atoms with Crippen molar-refractivity contribution in [3.05, 3.63) is 275 Å². The Morgan fingerprint density at radius 1 is 0.531 bits per heavy atom. The molecule has 7 aromatic rings. The Labute approximate surface area is 378 Å². The number of nitrogens with zero attached hydrogens (tertiary/aromatic N) is 1. The van der Waals surface area contributed by atoms with Crippen LogP contribution in [0.25, 0.3) is 44.7 Å². The van der Waals surface area contributed by atoms with Gasteiger partial charge in [-0.1, -0.05) is 212 Å². The molecule has 3 aliphatic rings. The van der Waals surface area contributed by atoms with Crippen LogP contribution in [0.5, 0.6) is 0 Å². The SMILES string of the molecule is C=C1C/C(c2ccccc2)=C(C)\C(c2ccc(-c3cc(-c4ccccc4)ccc3C3=CC(C4=NC(c5ccccc5)NC(c5ccccc5)=C4)=CCC3)cc2)=C\CC1c1ccccc1. The van der Waals surface area contributed by atoms with Crippen molar-refractivity contribution in [2.75, 3.05) is 0 Å². The van der Waals surface area contributed by atoms with E-state index in [9.17, 15) is 0 Å². The number of nitrogens with one attached hydrogen (secondary N) is 1. The van der Waals surface area contributed by atoms with E-state index in [1.165, 1.54) is 72.4 Å². The van der Waals surface area contributed by atoms with E-state index >= 15 is 0 Å². The van der Waals surface area contributed by atoms with E-state index < -0.39 is 0 Å². The molecule has 0 amide bonds. The number of hydrogen-bond acceptors (Lipinski definition) is 2. The molecule has 0 radical (unpaired) electrons. The average Bonchev–Trinajstić information content (AvgIpc) is 3.37. The van der Waals surface area contributed by atoms with Crippen LogP contribution in [0.3, 0.4) is 0 Å². The van der Waals surface area contributed by atoms with E-state index in [2.05, 4.69) is 237 Å². The molecule has 310 valence electrons. The summed E-state index contributed by atoms with van der Waals surface area (Å²) >= 11 is 0. The monoisotopic (exact) mass is 824 g/mol. The van der Waals surface area contributed by atoms with Gasteiger partial charge in [0, 0.05) is 11.6 Å². The van der Waals surface area contributed by atoms with Crippen LogP contribution in [0.4, 0.5) is 0 Å². The molecule has 2 nitrogen and oxygen atoms in total. The van der Waals surface area contributed by atoms with Gasteiger partial charge in [0.2, 0.25) is 0 Å². The number of allylic oxidation sites excluding steroid dienone is 10. The van der Waals surface area contributed by atoms with Gasteiger partial charge in [0.15, 0.2) is 0 Å². The number of hydrogen-bond donors (Lipinski definition) is 1. The summed E-state index contributed by atoms with van der Waals surface area (Å²) < 4.78 is 0. The lowest BCUT2D eigenvalue weighted by Gasteiger charge is -2.26. The van der Waals surface area contributed by atoms with E-state index in [0.29, 0.717) is 0 Å². The van der Waals surface area contributed by atoms with E-state index in [-0.39, 0.29) is 12.1 Å². The van der Waals surface area contributed by atoms with Crippen LogP contribution in [0.1, 0.15) is 78.1 Å². The Morgan fingerprint density at radius 2 is 1.11 bits per heavy atom. The van der Waals surface area contributed by atoms with Gasteiger partial charge in [-0.3, -0.25) is 4.99 Å². The molecule has 7 aromatic carbocycles. The second-order valence-electron chi connectivity index (χ2n) is 17.1. The van der Waals surface area contributed by atoms with Crippen molar-refractivity contribution in [2.45, 2.75) is 44.7 Å². The molecular formula is C62H52N2. The quantitative estimate of drug-likeness (QED) is 0.144. The van der Waals surface area contributed by atoms with Crippen LogP contribution in [0, 0.1) is 0 Å². The third-order valence-electron chi connectivity index (χ3n) is 13.1. The molecular weight excluding hydrogens is 773 g/mol. The summed E-state index contributed by atoms with van der Waals surface area (Å²) in [5, 5.41) is 3.73. The maximum atomic E-state index is 5.34. The van der Waals surface area contributed by atoms with Crippen molar-refractivity contribution < 1.29 is 0 Å². The van der Waals surface area contributed by atoms with Crippen LogP contribution in [0.2, 0.25) is 0 Å². The summed E-state index contributed by atoms with van der Waals surface area (Å²) in [6.07, 6.45) is 12.9. The standard InChI is InChI=1S/C62H52N2/c1-43-39-58(47-23-12-5-13-24-47)44(2)56(38-37-55(43)46-21-10-4-11-22-46)48-31-33-49(34-32-48)59-41-52(45-19-8-3-9-20-45)35-36-57(59)53-29-18-30-54(40-53)61-42-60(50-25-14-6-15-26-50)63-62(64-61)51-27-16-7-17-28-51/h3-17,19-28,30-36,38,40-42,55,62-63H,1,18,29,37,39H2,2H3/b56-38-,58-44+. The highest BCUT2D eigenvalue weighted by Crippen LogP contribution is 2.43. The fraction of sp³-hybridized carbons (Fsp3) is 0.113. The third-order valence-corrected chi connectivity index (χ3v) is 13.1. The minimum Gasteiger partial charge on any atom is -0.360 e. The summed E-state index contributed by atoms with van der Waals surface area (Å²) in [6, 6.07) is 70.0. The second kappa shape index (κ2) is 18.4. The number of aliphatic imine (C=N–C) groups is 1. The zero-order valence-electron chi connectivity index (χ0n) is 36.4. The van der Waals surface area contributed by atoms with Crippen molar-refractivity contribution in [3.63, 3.8) is 0 Å². The Balaban J connectivity index is 1.05. The van der Waals surface area contributed by atoms with Crippen LogP contribution in [-0.4, -0.2) is 5.71 Å². The fourth-order valence-corrected chi connectivity index (χ4v) is 9.62. The topological polar surface area (TPSA) is 24.4 Å². The molecule has 2 unspecified atom stereocenters. The van der Waals surface area contributed by atoms with E-state index in [1.807, 2.05) is 0 Å². The lowest BCUT2D eigenvalue weighted by molar-refractivity contribution is 0.664. The summed E-state index contributed by atoms with van der Waals surface area (Å²) in [6.45, 7) is 6.98. The molecule has 0 bridgehead atoms. The molecule has 0 spiro atoms. The van der Waals surface area contributed by atoms with Gasteiger partial charge in [-0.15, -0.1) is 0 Å². The van der Waals surface area contributed by atoms with Crippen LogP contribution >= 0.6 is 0 Å². The maximum absolute atomic E-state index is 5.34.